The lowest BCUT2D eigenvalue weighted by Gasteiger charge is -2.31. The number of piperidine rings is 1. The Labute approximate surface area is 113 Å². The Morgan fingerprint density at radius 2 is 1.88 bits per heavy atom. The van der Waals surface area contributed by atoms with E-state index in [0.717, 1.165) is 6.54 Å². The van der Waals surface area contributed by atoms with Crippen molar-refractivity contribution in [2.75, 3.05) is 13.1 Å². The van der Waals surface area contributed by atoms with Gasteiger partial charge in [-0.05, 0) is 56.8 Å². The van der Waals surface area contributed by atoms with Crippen LogP contribution in [0.2, 0.25) is 0 Å². The first-order valence-corrected chi connectivity index (χ1v) is 7.41. The lowest BCUT2D eigenvalue weighted by molar-refractivity contribution is 0.227. The van der Waals surface area contributed by atoms with E-state index in [2.05, 4.69) is 53.7 Å². The summed E-state index contributed by atoms with van der Waals surface area (Å²) in [5, 5.41) is 0. The first-order valence-electron chi connectivity index (χ1n) is 6.49. The fourth-order valence-corrected chi connectivity index (χ4v) is 3.56. The summed E-state index contributed by atoms with van der Waals surface area (Å²) in [7, 11) is 0. The Morgan fingerprint density at radius 1 is 1.24 bits per heavy atom. The molecular weight excluding hydrogens is 274 g/mol. The van der Waals surface area contributed by atoms with Crippen molar-refractivity contribution in [1.82, 2.24) is 4.90 Å². The highest BCUT2D eigenvalue weighted by molar-refractivity contribution is 9.09. The standard InChI is InChI=1S/C15H22BrN/c1-11-7-12(2)15(13(3)8-11)10-17-6-4-5-14(16)9-17/h7-8,14H,4-6,9-10H2,1-3H3. The van der Waals surface area contributed by atoms with Gasteiger partial charge in [0, 0.05) is 17.9 Å². The Balaban J connectivity index is 2.12. The fourth-order valence-electron chi connectivity index (χ4n) is 2.83. The molecule has 1 aliphatic heterocycles. The van der Waals surface area contributed by atoms with Crippen LogP contribution < -0.4 is 0 Å². The molecule has 1 atom stereocenters. The molecule has 94 valence electrons. The van der Waals surface area contributed by atoms with Crippen molar-refractivity contribution < 1.29 is 0 Å². The Hall–Kier alpha value is -0.340. The minimum atomic E-state index is 0.683. The third-order valence-corrected chi connectivity index (χ3v) is 4.42. The summed E-state index contributed by atoms with van der Waals surface area (Å²) in [6, 6.07) is 4.61. The average molecular weight is 296 g/mol. The third kappa shape index (κ3) is 3.32. The van der Waals surface area contributed by atoms with Gasteiger partial charge in [0.1, 0.15) is 0 Å². The minimum absolute atomic E-state index is 0.683. The Morgan fingerprint density at radius 3 is 2.47 bits per heavy atom. The molecule has 1 saturated heterocycles. The van der Waals surface area contributed by atoms with Gasteiger partial charge in [-0.3, -0.25) is 4.90 Å². The van der Waals surface area contributed by atoms with Crippen LogP contribution in [-0.4, -0.2) is 22.8 Å². The van der Waals surface area contributed by atoms with E-state index in [1.54, 1.807) is 0 Å². The maximum Gasteiger partial charge on any atom is 0.0273 e. The molecule has 0 N–H and O–H groups in total. The molecule has 2 rings (SSSR count). The maximum atomic E-state index is 3.75. The van der Waals surface area contributed by atoms with Crippen molar-refractivity contribution in [2.24, 2.45) is 0 Å². The third-order valence-electron chi connectivity index (χ3n) is 3.67. The molecule has 17 heavy (non-hydrogen) atoms. The van der Waals surface area contributed by atoms with E-state index >= 15 is 0 Å². The SMILES string of the molecule is Cc1cc(C)c(CN2CCCC(Br)C2)c(C)c1. The lowest BCUT2D eigenvalue weighted by atomic mass is 9.98. The quantitative estimate of drug-likeness (QED) is 0.746. The smallest absolute Gasteiger partial charge is 0.0273 e. The molecule has 1 aromatic carbocycles. The maximum absolute atomic E-state index is 3.75. The number of halogens is 1. The first kappa shape index (κ1) is 13.1. The second-order valence-corrected chi connectivity index (χ2v) is 6.65. The summed E-state index contributed by atoms with van der Waals surface area (Å²) >= 11 is 3.75. The van der Waals surface area contributed by atoms with E-state index in [-0.39, 0.29) is 0 Å². The van der Waals surface area contributed by atoms with Crippen LogP contribution in [0.1, 0.15) is 35.1 Å². The highest BCUT2D eigenvalue weighted by atomic mass is 79.9. The van der Waals surface area contributed by atoms with E-state index in [1.807, 2.05) is 0 Å². The van der Waals surface area contributed by atoms with E-state index in [1.165, 1.54) is 48.2 Å². The molecule has 0 spiro atoms. The zero-order chi connectivity index (χ0) is 12.4. The number of alkyl halides is 1. The van der Waals surface area contributed by atoms with Gasteiger partial charge in [-0.15, -0.1) is 0 Å². The number of likely N-dealkylation sites (tertiary alicyclic amines) is 1. The number of hydrogen-bond acceptors (Lipinski definition) is 1. The van der Waals surface area contributed by atoms with Crippen LogP contribution in [0, 0.1) is 20.8 Å². The molecule has 0 saturated carbocycles. The van der Waals surface area contributed by atoms with Crippen molar-refractivity contribution >= 4 is 15.9 Å². The summed E-state index contributed by atoms with van der Waals surface area (Å²) in [6.07, 6.45) is 2.64. The molecule has 2 heteroatoms. The van der Waals surface area contributed by atoms with Crippen molar-refractivity contribution in [3.8, 4) is 0 Å². The zero-order valence-electron chi connectivity index (χ0n) is 11.1. The molecule has 1 nitrogen and oxygen atoms in total. The van der Waals surface area contributed by atoms with Crippen LogP contribution in [-0.2, 0) is 6.54 Å². The normalized spacial score (nSPS) is 21.8. The van der Waals surface area contributed by atoms with Gasteiger partial charge in [0.2, 0.25) is 0 Å². The van der Waals surface area contributed by atoms with Gasteiger partial charge in [0.15, 0.2) is 0 Å². The van der Waals surface area contributed by atoms with Crippen LogP contribution in [0.15, 0.2) is 12.1 Å². The average Bonchev–Trinajstić information content (AvgIpc) is 2.23. The molecular formula is C15H22BrN. The largest absolute Gasteiger partial charge is 0.298 e. The molecule has 0 bridgehead atoms. The van der Waals surface area contributed by atoms with Crippen molar-refractivity contribution in [2.45, 2.75) is 45.0 Å². The summed E-state index contributed by atoms with van der Waals surface area (Å²) in [6.45, 7) is 10.2. The van der Waals surface area contributed by atoms with Crippen molar-refractivity contribution in [3.05, 3.63) is 34.4 Å². The molecule has 1 unspecified atom stereocenters. The second-order valence-electron chi connectivity index (χ2n) is 5.35. The Kier molecular flexibility index (Phi) is 4.26. The number of hydrogen-bond donors (Lipinski definition) is 0. The molecule has 1 heterocycles. The van der Waals surface area contributed by atoms with Gasteiger partial charge in [0.05, 0.1) is 0 Å². The molecule has 1 fully saturated rings. The number of aryl methyl sites for hydroxylation is 3. The van der Waals surface area contributed by atoms with Crippen LogP contribution >= 0.6 is 15.9 Å². The van der Waals surface area contributed by atoms with Gasteiger partial charge in [-0.2, -0.15) is 0 Å². The second kappa shape index (κ2) is 5.53. The van der Waals surface area contributed by atoms with Crippen LogP contribution in [0.4, 0.5) is 0 Å². The van der Waals surface area contributed by atoms with E-state index in [9.17, 15) is 0 Å². The van der Waals surface area contributed by atoms with Crippen molar-refractivity contribution in [3.63, 3.8) is 0 Å². The van der Waals surface area contributed by atoms with Gasteiger partial charge >= 0.3 is 0 Å². The molecule has 0 aromatic heterocycles. The van der Waals surface area contributed by atoms with Gasteiger partial charge < -0.3 is 0 Å². The van der Waals surface area contributed by atoms with Gasteiger partial charge in [-0.1, -0.05) is 33.6 Å². The molecule has 0 aliphatic carbocycles. The van der Waals surface area contributed by atoms with E-state index in [0.29, 0.717) is 4.83 Å². The van der Waals surface area contributed by atoms with E-state index in [4.69, 9.17) is 0 Å². The molecule has 0 amide bonds. The lowest BCUT2D eigenvalue weighted by Crippen LogP contribution is -2.35. The molecule has 1 aromatic rings. The van der Waals surface area contributed by atoms with E-state index < -0.39 is 0 Å². The number of nitrogens with zero attached hydrogens (tertiary/aromatic N) is 1. The predicted molar refractivity (Wildman–Crippen MR) is 77.9 cm³/mol. The molecule has 1 aliphatic rings. The fraction of sp³-hybridized carbons (Fsp3) is 0.600. The van der Waals surface area contributed by atoms with Crippen LogP contribution in [0.25, 0.3) is 0 Å². The van der Waals surface area contributed by atoms with Crippen molar-refractivity contribution in [1.29, 1.82) is 0 Å². The number of rotatable bonds is 2. The van der Waals surface area contributed by atoms with Gasteiger partial charge in [0.25, 0.3) is 0 Å². The zero-order valence-corrected chi connectivity index (χ0v) is 12.7. The monoisotopic (exact) mass is 295 g/mol. The summed E-state index contributed by atoms with van der Waals surface area (Å²) in [5.74, 6) is 0. The van der Waals surface area contributed by atoms with Crippen LogP contribution in [0.3, 0.4) is 0 Å². The summed E-state index contributed by atoms with van der Waals surface area (Å²) in [4.78, 5) is 3.26. The minimum Gasteiger partial charge on any atom is -0.298 e. The highest BCUT2D eigenvalue weighted by Crippen LogP contribution is 2.22. The summed E-state index contributed by atoms with van der Waals surface area (Å²) in [5.41, 5.74) is 5.79. The predicted octanol–water partition coefficient (Wildman–Crippen LogP) is 3.97. The Bertz CT molecular complexity index is 377. The summed E-state index contributed by atoms with van der Waals surface area (Å²) < 4.78 is 0. The number of benzene rings is 1. The first-order chi connectivity index (χ1) is 8.06. The van der Waals surface area contributed by atoms with Crippen LogP contribution in [0.5, 0.6) is 0 Å². The van der Waals surface area contributed by atoms with Gasteiger partial charge in [-0.25, -0.2) is 0 Å². The highest BCUT2D eigenvalue weighted by Gasteiger charge is 2.18. The molecule has 0 radical (unpaired) electrons. The topological polar surface area (TPSA) is 3.24 Å².